The second-order valence-corrected chi connectivity index (χ2v) is 17.1. The smallest absolute Gasteiger partial charge is 0.306 e. The van der Waals surface area contributed by atoms with Gasteiger partial charge in [-0.15, -0.1) is 0 Å². The van der Waals surface area contributed by atoms with Gasteiger partial charge >= 0.3 is 5.97 Å². The minimum absolute atomic E-state index is 0.0537. The molecule has 0 unspecified atom stereocenters. The van der Waals surface area contributed by atoms with Gasteiger partial charge in [0.15, 0.2) is 5.60 Å². The monoisotopic (exact) mass is 795 g/mol. The third-order valence-electron chi connectivity index (χ3n) is 11.7. The number of hydrogen-bond acceptors (Lipinski definition) is 4. The highest BCUT2D eigenvalue weighted by atomic mass is 16.6. The van der Waals surface area contributed by atoms with E-state index in [2.05, 4.69) is 79.6 Å². The van der Waals surface area contributed by atoms with Crippen LogP contribution in [0.4, 0.5) is 0 Å². The van der Waals surface area contributed by atoms with Crippen molar-refractivity contribution in [3.8, 4) is 0 Å². The number of nitrogens with one attached hydrogen (secondary N) is 1. The van der Waals surface area contributed by atoms with Crippen LogP contribution in [0.15, 0.2) is 48.6 Å². The van der Waals surface area contributed by atoms with E-state index >= 15 is 0 Å². The molecule has 1 heterocycles. The average molecular weight is 795 g/mol. The molecule has 0 aromatic heterocycles. The molecular weight excluding hydrogens is 701 g/mol. The van der Waals surface area contributed by atoms with Crippen LogP contribution >= 0.6 is 0 Å². The highest BCUT2D eigenvalue weighted by Gasteiger charge is 2.41. The van der Waals surface area contributed by atoms with E-state index in [1.54, 1.807) is 0 Å². The first kappa shape index (κ1) is 52.9. The number of carbonyl (C=O) groups excluding carboxylic acids is 2. The van der Waals surface area contributed by atoms with Gasteiger partial charge in [0.05, 0.1) is 0 Å². The van der Waals surface area contributed by atoms with Crippen molar-refractivity contribution in [3.05, 3.63) is 48.6 Å². The Morgan fingerprint density at radius 2 is 0.930 bits per heavy atom. The van der Waals surface area contributed by atoms with Crippen molar-refractivity contribution in [3.63, 3.8) is 0 Å². The Kier molecular flexibility index (Phi) is 37.7. The SMILES string of the molecule is CCCCC/C=C\C/C=C\CCCCCCCCC(CCCCCCCC/C=C\C/C=C\CCCCC)(OC(=O)CCCN1CCCCCC1)C(=O)NCCCC. The molecule has 0 spiro atoms. The molecule has 57 heavy (non-hydrogen) atoms. The van der Waals surface area contributed by atoms with Crippen LogP contribution in [0, 0.1) is 0 Å². The number of unbranched alkanes of at least 4 members (excludes halogenated alkanes) is 19. The Bertz CT molecular complexity index is 974. The molecule has 1 fully saturated rings. The molecule has 0 aromatic carbocycles. The zero-order valence-corrected chi connectivity index (χ0v) is 38.2. The lowest BCUT2D eigenvalue weighted by atomic mass is 9.88. The summed E-state index contributed by atoms with van der Waals surface area (Å²) in [6.07, 6.45) is 56.7. The number of allylic oxidation sites excluding steroid dienone is 8. The summed E-state index contributed by atoms with van der Waals surface area (Å²) in [5.41, 5.74) is -1.04. The normalized spacial score (nSPS) is 14.4. The molecule has 5 nitrogen and oxygen atoms in total. The minimum atomic E-state index is -1.04. The Morgan fingerprint density at radius 3 is 1.39 bits per heavy atom. The quantitative estimate of drug-likeness (QED) is 0.0382. The first-order valence-electron chi connectivity index (χ1n) is 24.9. The summed E-state index contributed by atoms with van der Waals surface area (Å²) < 4.78 is 6.40. The van der Waals surface area contributed by atoms with Crippen molar-refractivity contribution in [2.75, 3.05) is 26.2 Å². The number of esters is 1. The molecule has 0 aromatic rings. The van der Waals surface area contributed by atoms with Crippen LogP contribution in [0.1, 0.15) is 239 Å². The number of hydrogen-bond donors (Lipinski definition) is 1. The van der Waals surface area contributed by atoms with Gasteiger partial charge in [0.25, 0.3) is 5.91 Å². The lowest BCUT2D eigenvalue weighted by Crippen LogP contribution is -2.50. The summed E-state index contributed by atoms with van der Waals surface area (Å²) in [4.78, 5) is 30.0. The minimum Gasteiger partial charge on any atom is -0.449 e. The molecule has 1 amide bonds. The van der Waals surface area contributed by atoms with E-state index in [1.807, 2.05) is 0 Å². The van der Waals surface area contributed by atoms with Crippen LogP contribution in [-0.4, -0.2) is 48.6 Å². The van der Waals surface area contributed by atoms with Crippen LogP contribution in [0.2, 0.25) is 0 Å². The van der Waals surface area contributed by atoms with Gasteiger partial charge in [-0.3, -0.25) is 9.59 Å². The van der Waals surface area contributed by atoms with E-state index in [9.17, 15) is 9.59 Å². The topological polar surface area (TPSA) is 58.6 Å². The van der Waals surface area contributed by atoms with Crippen LogP contribution in [0.25, 0.3) is 0 Å². The molecular formula is C52H94N2O3. The third kappa shape index (κ3) is 32.4. The molecule has 1 aliphatic heterocycles. The Labute approximate surface area is 354 Å². The second-order valence-electron chi connectivity index (χ2n) is 17.1. The van der Waals surface area contributed by atoms with Crippen LogP contribution in [0.5, 0.6) is 0 Å². The Balaban J connectivity index is 2.62. The largest absolute Gasteiger partial charge is 0.449 e. The molecule has 1 saturated heterocycles. The molecule has 0 saturated carbocycles. The van der Waals surface area contributed by atoms with Crippen molar-refractivity contribution >= 4 is 11.9 Å². The maximum Gasteiger partial charge on any atom is 0.306 e. The predicted molar refractivity (Wildman–Crippen MR) is 249 cm³/mol. The van der Waals surface area contributed by atoms with Crippen LogP contribution in [0.3, 0.4) is 0 Å². The fourth-order valence-electron chi connectivity index (χ4n) is 7.91. The molecule has 330 valence electrons. The first-order chi connectivity index (χ1) is 28.1. The highest BCUT2D eigenvalue weighted by molar-refractivity contribution is 5.87. The van der Waals surface area contributed by atoms with E-state index in [0.717, 1.165) is 90.3 Å². The van der Waals surface area contributed by atoms with Gasteiger partial charge in [0, 0.05) is 13.0 Å². The van der Waals surface area contributed by atoms with E-state index in [0.29, 0.717) is 25.8 Å². The van der Waals surface area contributed by atoms with E-state index in [4.69, 9.17) is 4.74 Å². The van der Waals surface area contributed by atoms with E-state index in [-0.39, 0.29) is 11.9 Å². The molecule has 5 heteroatoms. The van der Waals surface area contributed by atoms with E-state index in [1.165, 1.54) is 128 Å². The summed E-state index contributed by atoms with van der Waals surface area (Å²) in [5, 5.41) is 3.21. The number of ether oxygens (including phenoxy) is 1. The standard InChI is InChI=1S/C52H94N2O3/c1-4-7-10-12-14-16-18-20-22-24-26-28-30-32-34-38-44-52(51(56)53-46-9-6-3,57-50(55)43-42-49-54-47-40-36-37-41-48-54)45-39-35-33-31-29-27-25-23-21-19-17-15-13-11-8-5-2/h14-17,20-23H,4-13,18-19,24-49H2,1-3H3,(H,53,56)/b16-14-,17-15-,22-20-,23-21-. The number of likely N-dealkylation sites (tertiary alicyclic amines) is 1. The molecule has 0 aliphatic carbocycles. The van der Waals surface area contributed by atoms with Crippen molar-refractivity contribution in [2.24, 2.45) is 0 Å². The van der Waals surface area contributed by atoms with E-state index < -0.39 is 5.60 Å². The maximum absolute atomic E-state index is 14.0. The number of rotatable bonds is 39. The average Bonchev–Trinajstić information content (AvgIpc) is 3.49. The summed E-state index contributed by atoms with van der Waals surface area (Å²) >= 11 is 0. The number of carbonyl (C=O) groups is 2. The zero-order valence-electron chi connectivity index (χ0n) is 38.2. The number of amides is 1. The van der Waals surface area contributed by atoms with Gasteiger partial charge in [-0.2, -0.15) is 0 Å². The molecule has 1 N–H and O–H groups in total. The Hall–Kier alpha value is -2.14. The second kappa shape index (κ2) is 40.6. The number of nitrogens with zero attached hydrogens (tertiary/aromatic N) is 1. The summed E-state index contributed by atoms with van der Waals surface area (Å²) in [5.74, 6) is -0.238. The molecule has 0 bridgehead atoms. The van der Waals surface area contributed by atoms with Gasteiger partial charge in [-0.1, -0.05) is 166 Å². The fourth-order valence-corrected chi connectivity index (χ4v) is 7.91. The van der Waals surface area contributed by atoms with Crippen LogP contribution in [-0.2, 0) is 14.3 Å². The first-order valence-corrected chi connectivity index (χ1v) is 24.9. The lowest BCUT2D eigenvalue weighted by molar-refractivity contribution is -0.171. The van der Waals surface area contributed by atoms with Gasteiger partial charge in [-0.25, -0.2) is 0 Å². The molecule has 1 aliphatic rings. The zero-order chi connectivity index (χ0) is 41.2. The van der Waals surface area contributed by atoms with Crippen molar-refractivity contribution in [1.29, 1.82) is 0 Å². The third-order valence-corrected chi connectivity index (χ3v) is 11.7. The lowest BCUT2D eigenvalue weighted by Gasteiger charge is -2.33. The summed E-state index contributed by atoms with van der Waals surface area (Å²) in [6, 6.07) is 0. The summed E-state index contributed by atoms with van der Waals surface area (Å²) in [6.45, 7) is 10.5. The molecule has 0 atom stereocenters. The van der Waals surface area contributed by atoms with Crippen molar-refractivity contribution < 1.29 is 14.3 Å². The highest BCUT2D eigenvalue weighted by Crippen LogP contribution is 2.29. The predicted octanol–water partition coefficient (Wildman–Crippen LogP) is 15.2. The van der Waals surface area contributed by atoms with Crippen molar-refractivity contribution in [1.82, 2.24) is 10.2 Å². The van der Waals surface area contributed by atoms with Gasteiger partial charge in [0.2, 0.25) is 0 Å². The van der Waals surface area contributed by atoms with Crippen molar-refractivity contribution in [2.45, 2.75) is 245 Å². The van der Waals surface area contributed by atoms with Gasteiger partial charge < -0.3 is 15.0 Å². The molecule has 1 rings (SSSR count). The van der Waals surface area contributed by atoms with Gasteiger partial charge in [-0.05, 0) is 135 Å². The maximum atomic E-state index is 14.0. The Morgan fingerprint density at radius 1 is 0.509 bits per heavy atom. The van der Waals surface area contributed by atoms with Gasteiger partial charge in [0.1, 0.15) is 0 Å². The fraction of sp³-hybridized carbons (Fsp3) is 0.808. The summed E-state index contributed by atoms with van der Waals surface area (Å²) in [7, 11) is 0. The molecule has 0 radical (unpaired) electrons. The van der Waals surface area contributed by atoms with Crippen LogP contribution < -0.4 is 5.32 Å².